The standard InChI is InChI=1S/C22H20N4OS2/c1-14-8-10-17(11-9-14)19-21-20(24-15(2)29-21)22(26-25-19)28-13-18(27)23-12-16-6-4-3-5-7-16/h3-11H,12-13H2,1-2H3,(H,23,27). The third-order valence-electron chi connectivity index (χ3n) is 4.39. The molecule has 2 aromatic carbocycles. The molecule has 0 aliphatic rings. The summed E-state index contributed by atoms with van der Waals surface area (Å²) in [5, 5.41) is 13.4. The van der Waals surface area contributed by atoms with Crippen molar-refractivity contribution in [1.82, 2.24) is 20.5 Å². The molecule has 5 nitrogen and oxygen atoms in total. The van der Waals surface area contributed by atoms with Crippen LogP contribution < -0.4 is 5.32 Å². The Morgan fingerprint density at radius 2 is 1.79 bits per heavy atom. The second-order valence-corrected chi connectivity index (χ2v) is 8.85. The van der Waals surface area contributed by atoms with Crippen LogP contribution in [0.25, 0.3) is 21.5 Å². The number of aromatic nitrogens is 3. The number of rotatable bonds is 6. The van der Waals surface area contributed by atoms with Crippen molar-refractivity contribution < 1.29 is 4.79 Å². The van der Waals surface area contributed by atoms with E-state index in [0.717, 1.165) is 32.0 Å². The molecule has 0 spiro atoms. The summed E-state index contributed by atoms with van der Waals surface area (Å²) >= 11 is 2.98. The van der Waals surface area contributed by atoms with Gasteiger partial charge in [0.05, 0.1) is 15.5 Å². The van der Waals surface area contributed by atoms with Gasteiger partial charge in [-0.3, -0.25) is 4.79 Å². The zero-order valence-electron chi connectivity index (χ0n) is 16.2. The molecule has 0 bridgehead atoms. The summed E-state index contributed by atoms with van der Waals surface area (Å²) in [4.78, 5) is 16.9. The molecule has 1 amide bonds. The largest absolute Gasteiger partial charge is 0.351 e. The monoisotopic (exact) mass is 420 g/mol. The Hall–Kier alpha value is -2.77. The lowest BCUT2D eigenvalue weighted by Crippen LogP contribution is -2.24. The van der Waals surface area contributed by atoms with Gasteiger partial charge >= 0.3 is 0 Å². The van der Waals surface area contributed by atoms with E-state index in [0.29, 0.717) is 11.6 Å². The van der Waals surface area contributed by atoms with Crippen LogP contribution >= 0.6 is 23.1 Å². The van der Waals surface area contributed by atoms with Gasteiger partial charge in [0.15, 0.2) is 0 Å². The number of nitrogens with zero attached hydrogens (tertiary/aromatic N) is 3. The summed E-state index contributed by atoms with van der Waals surface area (Å²) in [5.74, 6) is 0.236. The van der Waals surface area contributed by atoms with Gasteiger partial charge in [0, 0.05) is 12.1 Å². The highest BCUT2D eigenvalue weighted by Crippen LogP contribution is 2.35. The van der Waals surface area contributed by atoms with Crippen molar-refractivity contribution in [1.29, 1.82) is 0 Å². The molecule has 146 valence electrons. The van der Waals surface area contributed by atoms with Crippen LogP contribution in [0.4, 0.5) is 0 Å². The Bertz CT molecular complexity index is 1140. The Morgan fingerprint density at radius 1 is 1.03 bits per heavy atom. The number of carbonyl (C=O) groups excluding carboxylic acids is 1. The van der Waals surface area contributed by atoms with Crippen LogP contribution in [-0.4, -0.2) is 26.8 Å². The first-order chi connectivity index (χ1) is 14.1. The summed E-state index contributed by atoms with van der Waals surface area (Å²) < 4.78 is 1.01. The molecule has 0 saturated carbocycles. The topological polar surface area (TPSA) is 67.8 Å². The fourth-order valence-corrected chi connectivity index (χ4v) is 4.64. The predicted molar refractivity (Wildman–Crippen MR) is 119 cm³/mol. The lowest BCUT2D eigenvalue weighted by Gasteiger charge is -2.07. The number of thiazole rings is 1. The van der Waals surface area contributed by atoms with Gasteiger partial charge in [-0.25, -0.2) is 4.98 Å². The van der Waals surface area contributed by atoms with Crippen molar-refractivity contribution in [2.75, 3.05) is 5.75 Å². The molecule has 4 rings (SSSR count). The van der Waals surface area contributed by atoms with Crippen molar-refractivity contribution in [3.63, 3.8) is 0 Å². The molecule has 7 heteroatoms. The molecule has 0 atom stereocenters. The van der Waals surface area contributed by atoms with E-state index >= 15 is 0 Å². The molecule has 1 N–H and O–H groups in total. The van der Waals surface area contributed by atoms with E-state index in [4.69, 9.17) is 0 Å². The molecular formula is C22H20N4OS2. The van der Waals surface area contributed by atoms with Crippen molar-refractivity contribution >= 4 is 39.2 Å². The molecule has 0 saturated heterocycles. The van der Waals surface area contributed by atoms with E-state index in [2.05, 4.69) is 51.7 Å². The summed E-state index contributed by atoms with van der Waals surface area (Å²) in [6.07, 6.45) is 0. The number of amides is 1. The van der Waals surface area contributed by atoms with Gasteiger partial charge in [-0.2, -0.15) is 0 Å². The van der Waals surface area contributed by atoms with E-state index < -0.39 is 0 Å². The number of hydrogen-bond acceptors (Lipinski definition) is 6. The summed E-state index contributed by atoms with van der Waals surface area (Å²) in [7, 11) is 0. The fraction of sp³-hybridized carbons (Fsp3) is 0.182. The first kappa shape index (κ1) is 19.5. The number of fused-ring (bicyclic) bond motifs is 1. The predicted octanol–water partition coefficient (Wildman–Crippen LogP) is 4.78. The first-order valence-corrected chi connectivity index (χ1v) is 11.0. The van der Waals surface area contributed by atoms with E-state index in [1.54, 1.807) is 11.3 Å². The third-order valence-corrected chi connectivity index (χ3v) is 6.32. The van der Waals surface area contributed by atoms with Crippen LogP contribution in [0.2, 0.25) is 0 Å². The van der Waals surface area contributed by atoms with Gasteiger partial charge in [0.2, 0.25) is 5.91 Å². The maximum atomic E-state index is 12.3. The lowest BCUT2D eigenvalue weighted by molar-refractivity contribution is -0.118. The average molecular weight is 421 g/mol. The van der Waals surface area contributed by atoms with Crippen molar-refractivity contribution in [2.45, 2.75) is 25.4 Å². The summed E-state index contributed by atoms with van der Waals surface area (Å²) in [6, 6.07) is 18.1. The highest BCUT2D eigenvalue weighted by molar-refractivity contribution is 8.00. The second kappa shape index (κ2) is 8.71. The maximum Gasteiger partial charge on any atom is 0.230 e. The van der Waals surface area contributed by atoms with Gasteiger partial charge < -0.3 is 5.32 Å². The minimum atomic E-state index is -0.0386. The Labute approximate surface area is 177 Å². The van der Waals surface area contributed by atoms with Crippen LogP contribution in [-0.2, 0) is 11.3 Å². The SMILES string of the molecule is Cc1ccc(-c2nnc(SCC(=O)NCc3ccccc3)c3nc(C)sc23)cc1. The summed E-state index contributed by atoms with van der Waals surface area (Å²) in [5.41, 5.74) is 4.95. The van der Waals surface area contributed by atoms with Crippen LogP contribution in [0.5, 0.6) is 0 Å². The van der Waals surface area contributed by atoms with Crippen LogP contribution in [0, 0.1) is 13.8 Å². The molecule has 2 heterocycles. The highest BCUT2D eigenvalue weighted by atomic mass is 32.2. The Balaban J connectivity index is 1.50. The molecule has 0 radical (unpaired) electrons. The van der Waals surface area contributed by atoms with Crippen molar-refractivity contribution in [3.8, 4) is 11.3 Å². The molecule has 0 unspecified atom stereocenters. The molecule has 4 aromatic rings. The fourth-order valence-electron chi connectivity index (χ4n) is 2.90. The number of benzene rings is 2. The van der Waals surface area contributed by atoms with Crippen LogP contribution in [0.1, 0.15) is 16.1 Å². The normalized spacial score (nSPS) is 11.0. The van der Waals surface area contributed by atoms with E-state index in [1.165, 1.54) is 17.3 Å². The van der Waals surface area contributed by atoms with Gasteiger partial charge in [0.25, 0.3) is 0 Å². The molecular weight excluding hydrogens is 400 g/mol. The van der Waals surface area contributed by atoms with Gasteiger partial charge in [-0.05, 0) is 19.4 Å². The Morgan fingerprint density at radius 3 is 2.55 bits per heavy atom. The average Bonchev–Trinajstić information content (AvgIpc) is 3.13. The van der Waals surface area contributed by atoms with E-state index in [1.807, 2.05) is 37.3 Å². The molecule has 0 fully saturated rings. The zero-order valence-corrected chi connectivity index (χ0v) is 17.8. The number of hydrogen-bond donors (Lipinski definition) is 1. The van der Waals surface area contributed by atoms with Gasteiger partial charge in [-0.1, -0.05) is 71.9 Å². The summed E-state index contributed by atoms with van der Waals surface area (Å²) in [6.45, 7) is 4.55. The van der Waals surface area contributed by atoms with Gasteiger partial charge in [0.1, 0.15) is 16.2 Å². The minimum absolute atomic E-state index is 0.0386. The second-order valence-electron chi connectivity index (χ2n) is 6.68. The smallest absolute Gasteiger partial charge is 0.230 e. The Kier molecular flexibility index (Phi) is 5.87. The van der Waals surface area contributed by atoms with Crippen molar-refractivity contribution in [2.24, 2.45) is 0 Å². The molecule has 29 heavy (non-hydrogen) atoms. The zero-order chi connectivity index (χ0) is 20.2. The molecule has 0 aliphatic heterocycles. The van der Waals surface area contributed by atoms with Crippen molar-refractivity contribution in [3.05, 3.63) is 70.7 Å². The number of aryl methyl sites for hydroxylation is 2. The lowest BCUT2D eigenvalue weighted by atomic mass is 10.1. The number of carbonyl (C=O) groups is 1. The van der Waals surface area contributed by atoms with E-state index in [9.17, 15) is 4.79 Å². The molecule has 2 aromatic heterocycles. The number of thioether (sulfide) groups is 1. The van der Waals surface area contributed by atoms with Crippen LogP contribution in [0.15, 0.2) is 59.6 Å². The molecule has 0 aliphatic carbocycles. The number of nitrogens with one attached hydrogen (secondary N) is 1. The van der Waals surface area contributed by atoms with Gasteiger partial charge in [-0.15, -0.1) is 21.5 Å². The quantitative estimate of drug-likeness (QED) is 0.455. The minimum Gasteiger partial charge on any atom is -0.351 e. The first-order valence-electron chi connectivity index (χ1n) is 9.24. The van der Waals surface area contributed by atoms with Crippen LogP contribution in [0.3, 0.4) is 0 Å². The van der Waals surface area contributed by atoms with E-state index in [-0.39, 0.29) is 11.7 Å². The highest BCUT2D eigenvalue weighted by Gasteiger charge is 2.16. The maximum absolute atomic E-state index is 12.3. The third kappa shape index (κ3) is 4.63.